The van der Waals surface area contributed by atoms with Crippen molar-refractivity contribution in [2.24, 2.45) is 0 Å². The van der Waals surface area contributed by atoms with Crippen molar-refractivity contribution in [3.05, 3.63) is 88.1 Å². The van der Waals surface area contributed by atoms with Gasteiger partial charge >= 0.3 is 0 Å². The monoisotopic (exact) mass is 602 g/mol. The van der Waals surface area contributed by atoms with E-state index in [9.17, 15) is 18.0 Å². The van der Waals surface area contributed by atoms with Gasteiger partial charge in [-0.25, -0.2) is 32.8 Å². The molecule has 0 fully saturated rings. The second kappa shape index (κ2) is 10.7. The van der Waals surface area contributed by atoms with E-state index in [1.165, 1.54) is 48.4 Å². The Balaban J connectivity index is 1.16. The minimum Gasteiger partial charge on any atom is -0.326 e. The summed E-state index contributed by atoms with van der Waals surface area (Å²) in [6.07, 6.45) is 3.03. The number of sulfonamides is 1. The number of rotatable bonds is 7. The summed E-state index contributed by atoms with van der Waals surface area (Å²) in [4.78, 5) is 39.1. The lowest BCUT2D eigenvalue weighted by Gasteiger charge is -2.14. The minimum absolute atomic E-state index is 0.00490. The normalized spacial score (nSPS) is 14.6. The highest BCUT2D eigenvalue weighted by molar-refractivity contribution is 7.99. The van der Waals surface area contributed by atoms with Gasteiger partial charge in [0, 0.05) is 29.8 Å². The predicted molar refractivity (Wildman–Crippen MR) is 160 cm³/mol. The van der Waals surface area contributed by atoms with E-state index in [1.54, 1.807) is 22.2 Å². The molecule has 4 heterocycles. The fraction of sp³-hybridized carbons (Fsp3) is 0.214. The van der Waals surface area contributed by atoms with Gasteiger partial charge in [0.2, 0.25) is 11.9 Å². The van der Waals surface area contributed by atoms with Crippen LogP contribution in [-0.4, -0.2) is 49.4 Å². The number of aryl methyl sites for hydroxylation is 3. The Morgan fingerprint density at radius 2 is 1.83 bits per heavy atom. The van der Waals surface area contributed by atoms with Gasteiger partial charge in [0.1, 0.15) is 5.39 Å². The Hall–Kier alpha value is -4.56. The Morgan fingerprint density at radius 1 is 1.05 bits per heavy atom. The molecule has 6 rings (SSSR count). The Labute approximate surface area is 245 Å². The van der Waals surface area contributed by atoms with Crippen LogP contribution in [0.5, 0.6) is 0 Å². The van der Waals surface area contributed by atoms with Crippen molar-refractivity contribution < 1.29 is 13.2 Å². The number of thioether (sulfide) groups is 1. The van der Waals surface area contributed by atoms with Gasteiger partial charge in [-0.1, -0.05) is 17.8 Å². The zero-order valence-corrected chi connectivity index (χ0v) is 24.5. The van der Waals surface area contributed by atoms with Crippen molar-refractivity contribution in [3.63, 3.8) is 0 Å². The van der Waals surface area contributed by atoms with E-state index in [1.807, 2.05) is 32.0 Å². The van der Waals surface area contributed by atoms with Gasteiger partial charge in [0.05, 0.1) is 22.8 Å². The van der Waals surface area contributed by atoms with Crippen molar-refractivity contribution in [2.45, 2.75) is 43.3 Å². The molecule has 0 aliphatic carbocycles. The zero-order valence-electron chi connectivity index (χ0n) is 22.9. The van der Waals surface area contributed by atoms with E-state index in [0.29, 0.717) is 33.3 Å². The summed E-state index contributed by atoms with van der Waals surface area (Å²) in [7, 11) is -3.91. The number of hydrogen-bond acceptors (Lipinski definition) is 9. The number of aromatic nitrogens is 6. The molecule has 3 aromatic heterocycles. The highest BCUT2D eigenvalue weighted by atomic mass is 32.2. The SMILES string of the molecule is Cc1ccnc(NS(=O)(=O)c2ccc(NC(=O)CC3CSc4nc5c(cnn5-c5ccc(C)c(C)c5)c(=O)n43)cc2)n1. The molecule has 0 saturated heterocycles. The third kappa shape index (κ3) is 5.25. The van der Waals surface area contributed by atoms with Crippen molar-refractivity contribution in [2.75, 3.05) is 15.8 Å². The first-order valence-corrected chi connectivity index (χ1v) is 15.5. The van der Waals surface area contributed by atoms with Gasteiger partial charge in [-0.15, -0.1) is 0 Å². The maximum absolute atomic E-state index is 13.5. The lowest BCUT2D eigenvalue weighted by atomic mass is 10.1. The van der Waals surface area contributed by atoms with Crippen LogP contribution in [0.1, 0.15) is 29.3 Å². The topological polar surface area (TPSA) is 154 Å². The average Bonchev–Trinajstić information content (AvgIpc) is 3.55. The summed E-state index contributed by atoms with van der Waals surface area (Å²) in [6, 6.07) is 13.0. The first-order chi connectivity index (χ1) is 20.1. The summed E-state index contributed by atoms with van der Waals surface area (Å²) < 4.78 is 31.0. The molecule has 1 amide bonds. The molecule has 14 heteroatoms. The molecule has 0 bridgehead atoms. The van der Waals surface area contributed by atoms with Crippen LogP contribution in [-0.2, 0) is 14.8 Å². The maximum Gasteiger partial charge on any atom is 0.265 e. The van der Waals surface area contributed by atoms with Crippen LogP contribution in [0.3, 0.4) is 0 Å². The Kier molecular flexibility index (Phi) is 7.02. The predicted octanol–water partition coefficient (Wildman–Crippen LogP) is 3.77. The Bertz CT molecular complexity index is 2020. The van der Waals surface area contributed by atoms with E-state index in [2.05, 4.69) is 25.1 Å². The fourth-order valence-electron chi connectivity index (χ4n) is 4.65. The van der Waals surface area contributed by atoms with Crippen molar-refractivity contribution in [3.8, 4) is 5.69 Å². The molecule has 0 spiro atoms. The molecule has 1 aliphatic rings. The average molecular weight is 603 g/mol. The molecule has 12 nitrogen and oxygen atoms in total. The number of carbonyl (C=O) groups excluding carboxylic acids is 1. The van der Waals surface area contributed by atoms with Crippen LogP contribution in [0.2, 0.25) is 0 Å². The second-order valence-corrected chi connectivity index (χ2v) is 12.7. The van der Waals surface area contributed by atoms with Crippen LogP contribution in [0.25, 0.3) is 16.7 Å². The first kappa shape index (κ1) is 27.6. The lowest BCUT2D eigenvalue weighted by Crippen LogP contribution is -2.27. The van der Waals surface area contributed by atoms with Crippen LogP contribution in [0.15, 0.2) is 75.8 Å². The Morgan fingerprint density at radius 3 is 2.57 bits per heavy atom. The fourth-order valence-corrected chi connectivity index (χ4v) is 6.73. The highest BCUT2D eigenvalue weighted by Gasteiger charge is 2.30. The molecule has 1 unspecified atom stereocenters. The molecule has 42 heavy (non-hydrogen) atoms. The van der Waals surface area contributed by atoms with Crippen LogP contribution in [0, 0.1) is 20.8 Å². The van der Waals surface area contributed by atoms with E-state index < -0.39 is 16.1 Å². The largest absolute Gasteiger partial charge is 0.326 e. The number of benzene rings is 2. The van der Waals surface area contributed by atoms with Gasteiger partial charge in [-0.2, -0.15) is 5.10 Å². The number of carbonyl (C=O) groups is 1. The van der Waals surface area contributed by atoms with Crippen LogP contribution >= 0.6 is 11.8 Å². The number of amides is 1. The van der Waals surface area contributed by atoms with E-state index >= 15 is 0 Å². The smallest absolute Gasteiger partial charge is 0.265 e. The van der Waals surface area contributed by atoms with E-state index in [4.69, 9.17) is 4.98 Å². The molecule has 1 aliphatic heterocycles. The quantitative estimate of drug-likeness (QED) is 0.265. The third-order valence-electron chi connectivity index (χ3n) is 7.00. The summed E-state index contributed by atoms with van der Waals surface area (Å²) in [6.45, 7) is 5.78. The van der Waals surface area contributed by atoms with Gasteiger partial charge in [0.25, 0.3) is 15.6 Å². The summed E-state index contributed by atoms with van der Waals surface area (Å²) >= 11 is 1.42. The van der Waals surface area contributed by atoms with Crippen molar-refractivity contribution >= 4 is 50.4 Å². The van der Waals surface area contributed by atoms with Crippen molar-refractivity contribution in [1.82, 2.24) is 29.3 Å². The number of fused-ring (bicyclic) bond motifs is 2. The molecule has 0 saturated carbocycles. The maximum atomic E-state index is 13.5. The molecule has 2 aromatic carbocycles. The number of nitrogens with zero attached hydrogens (tertiary/aromatic N) is 6. The number of nitrogens with one attached hydrogen (secondary N) is 2. The molecule has 2 N–H and O–H groups in total. The summed E-state index contributed by atoms with van der Waals surface area (Å²) in [5.41, 5.74) is 4.37. The highest BCUT2D eigenvalue weighted by Crippen LogP contribution is 2.33. The summed E-state index contributed by atoms with van der Waals surface area (Å²) in [5.74, 6) is 0.179. The van der Waals surface area contributed by atoms with Gasteiger partial charge in [-0.3, -0.25) is 14.2 Å². The molecule has 1 atom stereocenters. The third-order valence-corrected chi connectivity index (χ3v) is 9.44. The van der Waals surface area contributed by atoms with E-state index in [-0.39, 0.29) is 28.7 Å². The zero-order chi connectivity index (χ0) is 29.6. The standard InChI is InChI=1S/C28H26N8O4S2/c1-16-4-7-20(12-17(16)2)36-25-23(14-30-36)26(38)35-21(15-41-28(35)33-25)13-24(37)32-19-5-8-22(9-6-19)42(39,40)34-27-29-11-10-18(3)31-27/h4-12,14,21H,13,15H2,1-3H3,(H,32,37)(H,29,31,34). The first-order valence-electron chi connectivity index (χ1n) is 13.0. The molecule has 214 valence electrons. The molecular formula is C28H26N8O4S2. The number of hydrogen-bond donors (Lipinski definition) is 2. The molecular weight excluding hydrogens is 576 g/mol. The molecule has 0 radical (unpaired) electrons. The van der Waals surface area contributed by atoms with Gasteiger partial charge in [-0.05, 0) is 74.4 Å². The summed E-state index contributed by atoms with van der Waals surface area (Å²) in [5, 5.41) is 8.13. The van der Waals surface area contributed by atoms with Crippen molar-refractivity contribution in [1.29, 1.82) is 0 Å². The van der Waals surface area contributed by atoms with Crippen LogP contribution in [0.4, 0.5) is 11.6 Å². The van der Waals surface area contributed by atoms with Gasteiger partial charge < -0.3 is 5.32 Å². The van der Waals surface area contributed by atoms with Gasteiger partial charge in [0.15, 0.2) is 10.8 Å². The second-order valence-electron chi connectivity index (χ2n) is 10.0. The number of anilines is 2. The lowest BCUT2D eigenvalue weighted by molar-refractivity contribution is -0.116. The van der Waals surface area contributed by atoms with E-state index in [0.717, 1.165) is 16.8 Å². The van der Waals surface area contributed by atoms with Crippen LogP contribution < -0.4 is 15.6 Å². The molecule has 5 aromatic rings. The minimum atomic E-state index is -3.91.